The monoisotopic (exact) mass is 332 g/mol. The minimum absolute atomic E-state index is 0.0335. The third kappa shape index (κ3) is 4.24. The van der Waals surface area contributed by atoms with Gasteiger partial charge in [0.1, 0.15) is 0 Å². The summed E-state index contributed by atoms with van der Waals surface area (Å²) in [6, 6.07) is 9.04. The first kappa shape index (κ1) is 16.9. The van der Waals surface area contributed by atoms with E-state index in [1.807, 2.05) is 0 Å². The lowest BCUT2D eigenvalue weighted by atomic mass is 10.0. The van der Waals surface area contributed by atoms with E-state index in [0.29, 0.717) is 12.1 Å². The Bertz CT molecular complexity index is 674. The molecule has 8 heteroatoms. The van der Waals surface area contributed by atoms with E-state index in [0.717, 1.165) is 0 Å². The van der Waals surface area contributed by atoms with E-state index < -0.39 is 35.0 Å². The molecule has 2 nitrogen and oxygen atoms in total. The Morgan fingerprint density at radius 1 is 0.870 bits per heavy atom. The van der Waals surface area contributed by atoms with Crippen LogP contribution in [0, 0.1) is 6.07 Å². The van der Waals surface area contributed by atoms with Crippen molar-refractivity contribution in [3.05, 3.63) is 65.2 Å². The topological polar surface area (TPSA) is 29.1 Å². The fourth-order valence-corrected chi connectivity index (χ4v) is 1.76. The Morgan fingerprint density at radius 3 is 1.78 bits per heavy atom. The lowest BCUT2D eigenvalue weighted by Gasteiger charge is -2.14. The first-order valence-electron chi connectivity index (χ1n) is 6.14. The molecule has 0 bridgehead atoms. The third-order valence-corrected chi connectivity index (χ3v) is 2.83. The van der Waals surface area contributed by atoms with Crippen LogP contribution in [0.4, 0.5) is 32.0 Å². The van der Waals surface area contributed by atoms with Crippen LogP contribution in [0.25, 0.3) is 0 Å². The van der Waals surface area contributed by atoms with Gasteiger partial charge in [-0.3, -0.25) is 4.79 Å². The van der Waals surface area contributed by atoms with E-state index in [-0.39, 0.29) is 11.8 Å². The Balaban J connectivity index is 2.43. The van der Waals surface area contributed by atoms with Gasteiger partial charge in [0, 0.05) is 11.3 Å². The highest BCUT2D eigenvalue weighted by Crippen LogP contribution is 2.36. The molecule has 1 amide bonds. The largest absolute Gasteiger partial charge is 0.416 e. The summed E-state index contributed by atoms with van der Waals surface area (Å²) in [7, 11) is 0. The number of alkyl halides is 6. The molecule has 2 aromatic carbocycles. The molecule has 0 saturated carbocycles. The summed E-state index contributed by atoms with van der Waals surface area (Å²) in [5.41, 5.74) is -3.60. The van der Waals surface area contributed by atoms with Crippen molar-refractivity contribution in [2.75, 3.05) is 5.32 Å². The lowest BCUT2D eigenvalue weighted by molar-refractivity contribution is -0.143. The average molecular weight is 332 g/mol. The molecule has 2 rings (SSSR count). The standard InChI is InChI=1S/C15H8F6NO/c16-14(17,18)10-6-9(7-11(8-10)15(19,20)21)13(23)22-12-4-2-1-3-5-12/h2-8H,(H,22,23). The van der Waals surface area contributed by atoms with Crippen molar-refractivity contribution in [1.82, 2.24) is 0 Å². The van der Waals surface area contributed by atoms with Gasteiger partial charge in [0.15, 0.2) is 0 Å². The molecule has 0 spiro atoms. The zero-order chi connectivity index (χ0) is 17.3. The molecule has 1 radical (unpaired) electrons. The van der Waals surface area contributed by atoms with Crippen molar-refractivity contribution in [3.8, 4) is 0 Å². The van der Waals surface area contributed by atoms with Crippen molar-refractivity contribution in [3.63, 3.8) is 0 Å². The first-order valence-corrected chi connectivity index (χ1v) is 6.14. The highest BCUT2D eigenvalue weighted by molar-refractivity contribution is 6.04. The molecule has 23 heavy (non-hydrogen) atoms. The van der Waals surface area contributed by atoms with E-state index in [1.54, 1.807) is 0 Å². The minimum atomic E-state index is -5.00. The fourth-order valence-electron chi connectivity index (χ4n) is 1.76. The quantitative estimate of drug-likeness (QED) is 0.788. The minimum Gasteiger partial charge on any atom is -0.322 e. The van der Waals surface area contributed by atoms with Gasteiger partial charge in [-0.25, -0.2) is 0 Å². The Labute approximate surface area is 126 Å². The number of nitrogens with one attached hydrogen (secondary N) is 1. The molecule has 0 aromatic heterocycles. The molecule has 0 saturated heterocycles. The molecule has 121 valence electrons. The molecule has 0 fully saturated rings. The van der Waals surface area contributed by atoms with E-state index in [4.69, 9.17) is 0 Å². The Morgan fingerprint density at radius 2 is 1.35 bits per heavy atom. The number of carbonyl (C=O) groups excluding carboxylic acids is 1. The number of benzene rings is 2. The van der Waals surface area contributed by atoms with Crippen molar-refractivity contribution >= 4 is 11.6 Å². The summed E-state index contributed by atoms with van der Waals surface area (Å²) >= 11 is 0. The van der Waals surface area contributed by atoms with Crippen LogP contribution in [0.1, 0.15) is 21.5 Å². The van der Waals surface area contributed by atoms with E-state index in [2.05, 4.69) is 11.4 Å². The van der Waals surface area contributed by atoms with E-state index in [1.165, 1.54) is 24.3 Å². The summed E-state index contributed by atoms with van der Waals surface area (Å²) in [5.74, 6) is -1.08. The second kappa shape index (κ2) is 5.94. The second-order valence-corrected chi connectivity index (χ2v) is 4.54. The van der Waals surface area contributed by atoms with Crippen LogP contribution in [0.15, 0.2) is 42.5 Å². The zero-order valence-electron chi connectivity index (χ0n) is 11.2. The molecule has 0 aliphatic carbocycles. The summed E-state index contributed by atoms with van der Waals surface area (Å²) in [4.78, 5) is 11.9. The molecule has 0 aliphatic rings. The summed E-state index contributed by atoms with van der Waals surface area (Å²) in [6.45, 7) is 0. The first-order chi connectivity index (χ1) is 10.6. The van der Waals surface area contributed by atoms with Gasteiger partial charge < -0.3 is 5.32 Å². The summed E-state index contributed by atoms with van der Waals surface area (Å²) in [6.07, 6.45) is -10.0. The third-order valence-electron chi connectivity index (χ3n) is 2.83. The number of hydrogen-bond donors (Lipinski definition) is 1. The number of halogens is 6. The van der Waals surface area contributed by atoms with Gasteiger partial charge in [0.05, 0.1) is 11.1 Å². The van der Waals surface area contributed by atoms with Gasteiger partial charge in [0.25, 0.3) is 5.91 Å². The van der Waals surface area contributed by atoms with E-state index >= 15 is 0 Å². The summed E-state index contributed by atoms with van der Waals surface area (Å²) < 4.78 is 76.3. The van der Waals surface area contributed by atoms with E-state index in [9.17, 15) is 31.1 Å². The number of rotatable bonds is 2. The number of hydrogen-bond acceptors (Lipinski definition) is 1. The average Bonchev–Trinajstić information content (AvgIpc) is 2.46. The van der Waals surface area contributed by atoms with Crippen LogP contribution in [0.3, 0.4) is 0 Å². The second-order valence-electron chi connectivity index (χ2n) is 4.54. The molecule has 2 aromatic rings. The molecule has 1 N–H and O–H groups in total. The molecular weight excluding hydrogens is 324 g/mol. The highest BCUT2D eigenvalue weighted by Gasteiger charge is 2.37. The number of anilines is 1. The molecule has 0 aliphatic heterocycles. The van der Waals surface area contributed by atoms with Crippen LogP contribution < -0.4 is 5.32 Å². The predicted octanol–water partition coefficient (Wildman–Crippen LogP) is 4.78. The SMILES string of the molecule is O=C(Nc1cc[c]cc1)c1cc(C(F)(F)F)cc(C(F)(F)F)c1. The van der Waals surface area contributed by atoms with Crippen LogP contribution >= 0.6 is 0 Å². The fraction of sp³-hybridized carbons (Fsp3) is 0.133. The maximum absolute atomic E-state index is 12.7. The van der Waals surface area contributed by atoms with Crippen LogP contribution in [-0.2, 0) is 12.4 Å². The van der Waals surface area contributed by atoms with Gasteiger partial charge in [-0.2, -0.15) is 26.3 Å². The van der Waals surface area contributed by atoms with Gasteiger partial charge in [-0.15, -0.1) is 0 Å². The van der Waals surface area contributed by atoms with Crippen LogP contribution in [0.5, 0.6) is 0 Å². The molecule has 0 heterocycles. The maximum atomic E-state index is 12.7. The van der Waals surface area contributed by atoms with Gasteiger partial charge in [0.2, 0.25) is 0 Å². The molecular formula is C15H8F6NO. The smallest absolute Gasteiger partial charge is 0.322 e. The number of carbonyl (C=O) groups is 1. The Kier molecular flexibility index (Phi) is 4.35. The van der Waals surface area contributed by atoms with Crippen LogP contribution in [0.2, 0.25) is 0 Å². The zero-order valence-corrected chi connectivity index (χ0v) is 11.2. The van der Waals surface area contributed by atoms with Crippen molar-refractivity contribution in [2.24, 2.45) is 0 Å². The summed E-state index contributed by atoms with van der Waals surface area (Å²) in [5, 5.41) is 2.22. The Hall–Kier alpha value is -2.51. The molecule has 0 atom stereocenters. The normalized spacial score (nSPS) is 12.1. The van der Waals surface area contributed by atoms with Crippen molar-refractivity contribution in [1.29, 1.82) is 0 Å². The number of amides is 1. The van der Waals surface area contributed by atoms with Crippen molar-refractivity contribution < 1.29 is 31.1 Å². The molecule has 0 unspecified atom stereocenters. The highest BCUT2D eigenvalue weighted by atomic mass is 19.4. The maximum Gasteiger partial charge on any atom is 0.416 e. The predicted molar refractivity (Wildman–Crippen MR) is 69.7 cm³/mol. The van der Waals surface area contributed by atoms with Crippen molar-refractivity contribution in [2.45, 2.75) is 12.4 Å². The van der Waals surface area contributed by atoms with Gasteiger partial charge in [-0.1, -0.05) is 12.1 Å². The van der Waals surface area contributed by atoms with Gasteiger partial charge in [-0.05, 0) is 36.4 Å². The lowest BCUT2D eigenvalue weighted by Crippen LogP contribution is -2.17. The van der Waals surface area contributed by atoms with Gasteiger partial charge >= 0.3 is 12.4 Å². The van der Waals surface area contributed by atoms with Crippen LogP contribution in [-0.4, -0.2) is 5.91 Å².